The zero-order chi connectivity index (χ0) is 25.9. The number of aromatic nitrogens is 2. The summed E-state index contributed by atoms with van der Waals surface area (Å²) < 4.78 is 42.2. The second kappa shape index (κ2) is 11.4. The van der Waals surface area contributed by atoms with E-state index in [0.717, 1.165) is 25.7 Å². The Morgan fingerprint density at radius 1 is 1.28 bits per heavy atom. The van der Waals surface area contributed by atoms with Crippen molar-refractivity contribution in [1.82, 2.24) is 15.3 Å². The normalized spacial score (nSPS) is 18.4. The molecule has 0 atom stereocenters. The summed E-state index contributed by atoms with van der Waals surface area (Å²) in [6, 6.07) is 4.15. The van der Waals surface area contributed by atoms with Crippen molar-refractivity contribution in [2.75, 3.05) is 18.6 Å². The zero-order valence-electron chi connectivity index (χ0n) is 19.7. The van der Waals surface area contributed by atoms with E-state index >= 15 is 0 Å². The number of rotatable bonds is 9. The number of fused-ring (bicyclic) bond motifs is 1. The lowest BCUT2D eigenvalue weighted by Gasteiger charge is -2.27. The predicted octanol–water partition coefficient (Wildman–Crippen LogP) is 4.07. The molecular weight excluding hydrogens is 529 g/mol. The number of benzene rings is 1. The summed E-state index contributed by atoms with van der Waals surface area (Å²) in [5.41, 5.74) is 0.899. The summed E-state index contributed by atoms with van der Waals surface area (Å²) >= 11 is 7.03. The lowest BCUT2D eigenvalue weighted by molar-refractivity contribution is 0.0693. The van der Waals surface area contributed by atoms with Crippen LogP contribution in [0.15, 0.2) is 28.4 Å². The topological polar surface area (TPSA) is 118 Å². The van der Waals surface area contributed by atoms with Crippen LogP contribution < -0.4 is 10.9 Å². The molecule has 1 aliphatic carbocycles. The molecule has 1 fully saturated rings. The van der Waals surface area contributed by atoms with E-state index in [1.165, 1.54) is 35.8 Å². The summed E-state index contributed by atoms with van der Waals surface area (Å²) in [5, 5.41) is 4.81. The molecule has 1 aliphatic rings. The first kappa shape index (κ1) is 26.7. The molecular formula is C24H27ClFN3O5S2. The van der Waals surface area contributed by atoms with Gasteiger partial charge in [0.25, 0.3) is 11.5 Å². The highest BCUT2D eigenvalue weighted by Gasteiger charge is 2.24. The first-order valence-electron chi connectivity index (χ1n) is 11.6. The quantitative estimate of drug-likeness (QED) is 0.411. The number of thiophene rings is 1. The van der Waals surface area contributed by atoms with Crippen LogP contribution >= 0.6 is 22.9 Å². The third-order valence-corrected chi connectivity index (χ3v) is 8.58. The number of carbonyl (C=O) groups excluding carboxylic acids is 1. The van der Waals surface area contributed by atoms with Gasteiger partial charge in [0.1, 0.15) is 20.5 Å². The molecule has 1 saturated carbocycles. The van der Waals surface area contributed by atoms with Crippen LogP contribution in [-0.2, 0) is 27.7 Å². The van der Waals surface area contributed by atoms with Crippen LogP contribution in [0, 0.1) is 17.7 Å². The number of carbonyl (C=O) groups is 1. The Morgan fingerprint density at radius 2 is 2.00 bits per heavy atom. The van der Waals surface area contributed by atoms with E-state index in [2.05, 4.69) is 15.3 Å². The van der Waals surface area contributed by atoms with Crippen molar-refractivity contribution in [3.8, 4) is 0 Å². The van der Waals surface area contributed by atoms with Crippen LogP contribution in [0.1, 0.15) is 47.4 Å². The van der Waals surface area contributed by atoms with Crippen molar-refractivity contribution in [2.24, 2.45) is 11.8 Å². The van der Waals surface area contributed by atoms with Crippen LogP contribution in [0.3, 0.4) is 0 Å². The first-order chi connectivity index (χ1) is 17.1. The summed E-state index contributed by atoms with van der Waals surface area (Å²) in [4.78, 5) is 32.5. The van der Waals surface area contributed by atoms with Crippen molar-refractivity contribution < 1.29 is 22.3 Å². The molecule has 2 aromatic heterocycles. The Kier molecular flexibility index (Phi) is 8.44. The minimum absolute atomic E-state index is 0.0392. The maximum Gasteiger partial charge on any atom is 0.287 e. The van der Waals surface area contributed by atoms with Crippen LogP contribution in [-0.4, -0.2) is 42.9 Å². The van der Waals surface area contributed by atoms with Gasteiger partial charge in [-0.3, -0.25) is 9.59 Å². The third kappa shape index (κ3) is 6.90. The molecule has 3 aromatic rings. The SMILES string of the molecule is CS(=O)(=O)CC1CCC(COCc2csc3nc(C(=O)NCc4ccc(F)c(Cl)c4)[nH]c(=O)c23)CC1. The number of halogens is 2. The average molecular weight is 556 g/mol. The van der Waals surface area contributed by atoms with Gasteiger partial charge in [-0.25, -0.2) is 17.8 Å². The van der Waals surface area contributed by atoms with E-state index in [0.29, 0.717) is 33.9 Å². The summed E-state index contributed by atoms with van der Waals surface area (Å²) in [7, 11) is -2.95. The minimum atomic E-state index is -2.95. The molecule has 0 unspecified atom stereocenters. The summed E-state index contributed by atoms with van der Waals surface area (Å²) in [6.45, 7) is 0.896. The second-order valence-corrected chi connectivity index (χ2v) is 12.7. The van der Waals surface area contributed by atoms with Crippen molar-refractivity contribution >= 4 is 48.9 Å². The fraction of sp³-hybridized carbons (Fsp3) is 0.458. The van der Waals surface area contributed by atoms with Crippen molar-refractivity contribution in [3.05, 3.63) is 61.7 Å². The Bertz CT molecular complexity index is 1410. The van der Waals surface area contributed by atoms with Gasteiger partial charge >= 0.3 is 0 Å². The number of hydrogen-bond donors (Lipinski definition) is 2. The Labute approximate surface area is 217 Å². The standard InChI is InChI=1S/C24H27ClFN3O5S2/c1-36(32,33)13-15-4-2-14(3-5-15)10-34-11-17-12-35-24-20(17)22(30)28-21(29-24)23(31)27-9-16-6-7-19(26)18(25)8-16/h6-8,12,14-15H,2-5,9-11,13H2,1H3,(H,27,31)(H,28,29,30). The lowest BCUT2D eigenvalue weighted by Crippen LogP contribution is -2.27. The number of hydrogen-bond acceptors (Lipinski definition) is 7. The molecule has 0 aliphatic heterocycles. The van der Waals surface area contributed by atoms with Crippen LogP contribution in [0.25, 0.3) is 10.2 Å². The van der Waals surface area contributed by atoms with E-state index in [1.807, 2.05) is 0 Å². The molecule has 194 valence electrons. The molecule has 0 saturated heterocycles. The number of aromatic amines is 1. The van der Waals surface area contributed by atoms with Crippen molar-refractivity contribution in [1.29, 1.82) is 0 Å². The summed E-state index contributed by atoms with van der Waals surface area (Å²) in [6.07, 6.45) is 4.89. The van der Waals surface area contributed by atoms with Gasteiger partial charge in [0.2, 0.25) is 5.82 Å². The fourth-order valence-corrected chi connectivity index (χ4v) is 6.78. The first-order valence-corrected chi connectivity index (χ1v) is 14.9. The molecule has 1 aromatic carbocycles. The number of ether oxygens (including phenoxy) is 1. The van der Waals surface area contributed by atoms with Gasteiger partial charge in [-0.15, -0.1) is 11.3 Å². The van der Waals surface area contributed by atoms with Gasteiger partial charge in [-0.1, -0.05) is 17.7 Å². The number of nitrogens with one attached hydrogen (secondary N) is 2. The molecule has 12 heteroatoms. The maximum absolute atomic E-state index is 13.3. The highest BCUT2D eigenvalue weighted by molar-refractivity contribution is 7.90. The molecule has 2 heterocycles. The van der Waals surface area contributed by atoms with Crippen LogP contribution in [0.2, 0.25) is 5.02 Å². The number of nitrogens with zero attached hydrogens (tertiary/aromatic N) is 1. The second-order valence-electron chi connectivity index (χ2n) is 9.28. The highest BCUT2D eigenvalue weighted by atomic mass is 35.5. The number of sulfone groups is 1. The Morgan fingerprint density at radius 3 is 2.69 bits per heavy atom. The third-order valence-electron chi connectivity index (χ3n) is 6.29. The predicted molar refractivity (Wildman–Crippen MR) is 138 cm³/mol. The van der Waals surface area contributed by atoms with Gasteiger partial charge < -0.3 is 15.0 Å². The Balaban J connectivity index is 1.32. The van der Waals surface area contributed by atoms with E-state index in [9.17, 15) is 22.4 Å². The van der Waals surface area contributed by atoms with E-state index in [4.69, 9.17) is 16.3 Å². The maximum atomic E-state index is 13.3. The van der Waals surface area contributed by atoms with Gasteiger partial charge in [0.05, 0.1) is 22.8 Å². The molecule has 36 heavy (non-hydrogen) atoms. The molecule has 0 spiro atoms. The van der Waals surface area contributed by atoms with Crippen LogP contribution in [0.5, 0.6) is 0 Å². The fourth-order valence-electron chi connectivity index (χ4n) is 4.46. The largest absolute Gasteiger partial charge is 0.376 e. The van der Waals surface area contributed by atoms with E-state index in [1.54, 1.807) is 5.38 Å². The van der Waals surface area contributed by atoms with Gasteiger partial charge in [0.15, 0.2) is 0 Å². The molecule has 4 rings (SSSR count). The van der Waals surface area contributed by atoms with Crippen molar-refractivity contribution in [2.45, 2.75) is 38.8 Å². The van der Waals surface area contributed by atoms with Gasteiger partial charge in [-0.05, 0) is 60.6 Å². The monoisotopic (exact) mass is 555 g/mol. The van der Waals surface area contributed by atoms with E-state index < -0.39 is 27.1 Å². The lowest BCUT2D eigenvalue weighted by atomic mass is 9.83. The minimum Gasteiger partial charge on any atom is -0.376 e. The molecule has 0 bridgehead atoms. The molecule has 8 nitrogen and oxygen atoms in total. The molecule has 0 radical (unpaired) electrons. The Hall–Kier alpha value is -2.34. The van der Waals surface area contributed by atoms with Gasteiger partial charge in [-0.2, -0.15) is 0 Å². The highest BCUT2D eigenvalue weighted by Crippen LogP contribution is 2.30. The summed E-state index contributed by atoms with van der Waals surface area (Å²) in [5.74, 6) is -0.377. The van der Waals surface area contributed by atoms with E-state index in [-0.39, 0.29) is 35.7 Å². The molecule has 1 amide bonds. The number of H-pyrrole nitrogens is 1. The average Bonchev–Trinajstić information content (AvgIpc) is 3.23. The zero-order valence-corrected chi connectivity index (χ0v) is 22.1. The smallest absolute Gasteiger partial charge is 0.287 e. The molecule has 2 N–H and O–H groups in total. The van der Waals surface area contributed by atoms with Gasteiger partial charge in [0, 0.05) is 25.0 Å². The number of amides is 1. The van der Waals surface area contributed by atoms with Crippen molar-refractivity contribution in [3.63, 3.8) is 0 Å². The van der Waals surface area contributed by atoms with Crippen LogP contribution in [0.4, 0.5) is 4.39 Å².